The molecule has 3 saturated heterocycles. The number of aryl methyl sites for hydroxylation is 1. The number of carbonyl (C=O) groups excluding carboxylic acids is 5. The van der Waals surface area contributed by atoms with Crippen LogP contribution in [0, 0.1) is 0 Å². The number of carboxylic acid groups (broad SMARTS) is 3. The molecule has 5 aliphatic heterocycles. The summed E-state index contributed by atoms with van der Waals surface area (Å²) in [6, 6.07) is 7.17. The van der Waals surface area contributed by atoms with Gasteiger partial charge in [0.15, 0.2) is 12.0 Å². The van der Waals surface area contributed by atoms with Crippen LogP contribution in [0.3, 0.4) is 0 Å². The van der Waals surface area contributed by atoms with Gasteiger partial charge in [-0.05, 0) is 37.6 Å². The number of hydrogen-bond donors (Lipinski definition) is 8. The van der Waals surface area contributed by atoms with Crippen molar-refractivity contribution in [1.82, 2.24) is 60.8 Å². The Kier molecular flexibility index (Phi) is 16.1. The number of nitrogens with zero attached hydrogens (tertiary/aromatic N) is 10. The van der Waals surface area contributed by atoms with E-state index >= 15 is 0 Å². The van der Waals surface area contributed by atoms with Crippen LogP contribution < -0.4 is 16.4 Å². The van der Waals surface area contributed by atoms with Gasteiger partial charge in [0.1, 0.15) is 38.3 Å². The number of amides is 5. The van der Waals surface area contributed by atoms with Gasteiger partial charge in [0, 0.05) is 37.2 Å². The van der Waals surface area contributed by atoms with E-state index in [1.54, 1.807) is 37.4 Å². The number of rotatable bonds is 18. The fraction of sp³-hybridized carbons (Fsp3) is 0.371. The minimum absolute atomic E-state index is 0.0285. The molecule has 0 unspecified atom stereocenters. The summed E-state index contributed by atoms with van der Waals surface area (Å²) in [6.07, 6.45) is -1.48. The van der Waals surface area contributed by atoms with Gasteiger partial charge in [-0.2, -0.15) is 8.42 Å². The van der Waals surface area contributed by atoms with E-state index < -0.39 is 102 Å². The van der Waals surface area contributed by atoms with Crippen LogP contribution in [0.1, 0.15) is 11.7 Å². The number of nitrogens with two attached hydrogens (primary N) is 1. The van der Waals surface area contributed by atoms with Crippen molar-refractivity contribution in [2.75, 3.05) is 30.1 Å². The Morgan fingerprint density at radius 1 is 0.915 bits per heavy atom. The molecule has 29 nitrogen and oxygen atoms in total. The second kappa shape index (κ2) is 21.5. The minimum atomic E-state index is -4.40. The largest absolute Gasteiger partial charge is 0.477 e. The minimum Gasteiger partial charge on any atom is -0.477 e. The molecule has 5 atom stereocenters. The number of β-lactam (4-membered cyclic amide) rings is 2. The monoisotopic (exact) mass is 1120 g/mol. The molecule has 5 amide bonds. The maximum Gasteiger partial charge on any atom is 0.352 e. The number of fused-ring (bicyclic) bond motifs is 2. The van der Waals surface area contributed by atoms with Gasteiger partial charge in [-0.3, -0.25) is 38.3 Å². The molecule has 0 radical (unpaired) electrons. The van der Waals surface area contributed by atoms with E-state index in [-0.39, 0.29) is 43.8 Å². The summed E-state index contributed by atoms with van der Waals surface area (Å²) in [4.78, 5) is 100.0. The van der Waals surface area contributed by atoms with Crippen molar-refractivity contribution in [2.24, 2.45) is 12.8 Å². The SMILES string of the molecule is CO[C@@]1(NC(=O)C2SC(=C(C(N)=O)C(=O)O)S2)C(=O)N2C(C(=O)O)=C(CSc3nnnn3C)CS[C@@H]21.O=C(O)C1=C(CSc2nnnn2CS(=O)(=O)O)CS[C@@H]2[C@H](NC(=O)[C@H](O)c3ccccc3)C(=O)N12. The van der Waals surface area contributed by atoms with Gasteiger partial charge in [-0.15, -0.1) is 33.7 Å². The lowest BCUT2D eigenvalue weighted by atomic mass is 9.98. The predicted octanol–water partition coefficient (Wildman–Crippen LogP) is -2.31. The second-order valence-corrected chi connectivity index (χ2v) is 23.0. The molecule has 9 N–H and O–H groups in total. The Morgan fingerprint density at radius 3 is 2.07 bits per heavy atom. The van der Waals surface area contributed by atoms with E-state index in [1.807, 2.05) is 0 Å². The third-order valence-electron chi connectivity index (χ3n) is 10.3. The van der Waals surface area contributed by atoms with Crippen molar-refractivity contribution in [2.45, 2.75) is 49.4 Å². The van der Waals surface area contributed by atoms with Crippen molar-refractivity contribution in [1.29, 1.82) is 0 Å². The van der Waals surface area contributed by atoms with E-state index in [2.05, 4.69) is 41.7 Å². The first-order chi connectivity index (χ1) is 33.6. The van der Waals surface area contributed by atoms with Gasteiger partial charge in [0.2, 0.25) is 16.2 Å². The Labute approximate surface area is 423 Å². The van der Waals surface area contributed by atoms with Crippen LogP contribution in [0.15, 0.2) is 73.0 Å². The Hall–Kier alpha value is -5.73. The fourth-order valence-corrected chi connectivity index (χ4v) is 14.6. The van der Waals surface area contributed by atoms with Gasteiger partial charge in [0.25, 0.3) is 39.5 Å². The van der Waals surface area contributed by atoms with Gasteiger partial charge in [0.05, 0.1) is 4.24 Å². The quantitative estimate of drug-likeness (QED) is 0.0126. The van der Waals surface area contributed by atoms with Crippen LogP contribution in [0.25, 0.3) is 0 Å². The van der Waals surface area contributed by atoms with Crippen LogP contribution in [0.4, 0.5) is 0 Å². The third-order valence-corrected chi connectivity index (χ3v) is 18.5. The molecular weight excluding hydrogens is 1080 g/mol. The molecule has 3 aromatic rings. The molecule has 0 bridgehead atoms. The Bertz CT molecular complexity index is 2910. The number of ether oxygens (including phenoxy) is 1. The molecule has 378 valence electrons. The fourth-order valence-electron chi connectivity index (χ4n) is 7.01. The Balaban J connectivity index is 0.000000209. The van der Waals surface area contributed by atoms with E-state index in [4.69, 9.17) is 20.1 Å². The molecule has 0 spiro atoms. The zero-order chi connectivity index (χ0) is 51.7. The van der Waals surface area contributed by atoms with Gasteiger partial charge < -0.3 is 41.5 Å². The zero-order valence-corrected chi connectivity index (χ0v) is 41.7. The highest BCUT2D eigenvalue weighted by molar-refractivity contribution is 8.39. The number of aromatic nitrogens is 8. The van der Waals surface area contributed by atoms with Crippen LogP contribution in [-0.2, 0) is 66.1 Å². The highest BCUT2D eigenvalue weighted by Gasteiger charge is 2.67. The predicted molar refractivity (Wildman–Crippen MR) is 249 cm³/mol. The molecular formula is C35H35N13O16S7. The van der Waals surface area contributed by atoms with E-state index in [0.717, 1.165) is 49.8 Å². The summed E-state index contributed by atoms with van der Waals surface area (Å²) in [5.41, 5.74) is 3.41. The molecule has 7 heterocycles. The van der Waals surface area contributed by atoms with E-state index in [9.17, 15) is 62.1 Å². The highest BCUT2D eigenvalue weighted by atomic mass is 32.3. The highest BCUT2D eigenvalue weighted by Crippen LogP contribution is 2.54. The topological polar surface area (TPSA) is 425 Å². The molecule has 0 aliphatic carbocycles. The number of aliphatic carboxylic acids is 3. The molecule has 5 aliphatic rings. The molecule has 71 heavy (non-hydrogen) atoms. The first kappa shape index (κ1) is 53.1. The number of carbonyl (C=O) groups is 8. The summed E-state index contributed by atoms with van der Waals surface area (Å²) in [7, 11) is -1.54. The molecule has 0 saturated carbocycles. The third kappa shape index (κ3) is 10.9. The van der Waals surface area contributed by atoms with Gasteiger partial charge >= 0.3 is 17.9 Å². The number of benzene rings is 1. The summed E-state index contributed by atoms with van der Waals surface area (Å²) in [5.74, 6) is -8.28. The lowest BCUT2D eigenvalue weighted by molar-refractivity contribution is -0.192. The average molecular weight is 1120 g/mol. The number of methoxy groups -OCH3 is 1. The lowest BCUT2D eigenvalue weighted by Gasteiger charge is -2.56. The summed E-state index contributed by atoms with van der Waals surface area (Å²) in [5, 5.41) is 64.6. The summed E-state index contributed by atoms with van der Waals surface area (Å²) < 4.78 is 38.1. The van der Waals surface area contributed by atoms with E-state index in [1.165, 1.54) is 47.1 Å². The van der Waals surface area contributed by atoms with Crippen molar-refractivity contribution in [3.8, 4) is 0 Å². The lowest BCUT2D eigenvalue weighted by Crippen LogP contribution is -2.81. The maximum atomic E-state index is 13.2. The zero-order valence-electron chi connectivity index (χ0n) is 35.9. The number of nitrogens with one attached hydrogen (secondary N) is 2. The Morgan fingerprint density at radius 2 is 1.51 bits per heavy atom. The first-order valence-electron chi connectivity index (χ1n) is 19.6. The van der Waals surface area contributed by atoms with Crippen LogP contribution in [-0.4, -0.2) is 188 Å². The number of hydrogen-bond acceptors (Lipinski definition) is 24. The van der Waals surface area contributed by atoms with Gasteiger partial charge in [-0.1, -0.05) is 77.4 Å². The maximum absolute atomic E-state index is 13.2. The molecule has 3 fully saturated rings. The van der Waals surface area contributed by atoms with Crippen LogP contribution in [0.2, 0.25) is 0 Å². The van der Waals surface area contributed by atoms with Crippen molar-refractivity contribution >= 4 is 128 Å². The second-order valence-electron chi connectivity index (χ2n) is 14.7. The number of carboxylic acids is 3. The first-order valence-corrected chi connectivity index (χ1v) is 27.0. The summed E-state index contributed by atoms with van der Waals surface area (Å²) in [6.45, 7) is 0. The summed E-state index contributed by atoms with van der Waals surface area (Å²) >= 11 is 6.24. The van der Waals surface area contributed by atoms with Crippen LogP contribution >= 0.6 is 70.6 Å². The molecule has 2 aromatic heterocycles. The van der Waals surface area contributed by atoms with E-state index in [0.29, 0.717) is 21.9 Å². The van der Waals surface area contributed by atoms with Crippen molar-refractivity contribution in [3.05, 3.63) is 68.2 Å². The van der Waals surface area contributed by atoms with Crippen LogP contribution in [0.5, 0.6) is 0 Å². The smallest absolute Gasteiger partial charge is 0.352 e. The molecule has 36 heteroatoms. The van der Waals surface area contributed by atoms with Crippen molar-refractivity contribution < 1.29 is 76.5 Å². The number of primary amides is 1. The average Bonchev–Trinajstić information content (AvgIpc) is 3.94. The number of tetrazole rings is 2. The number of aliphatic hydroxyl groups excluding tert-OH is 1. The standard InChI is InChI=1S/C18H18N6O8S3.C17H17N7O8S4/c25-13(9-4-2-1-3-5-9)14(26)19-11-15(27)24-12(17(28)29)10(6-33-16(11)24)7-34-18-20-21-22-23(18)8-35(30,31)32;1-23-16(20-21-22-23)34-4-5-3-33-15-17(32-2,14(31)24(15)7(5)11(29)30)19-9(26)13-35-12(36-13)6(8(18)25)10(27)28/h1-5,11,13,16,25H,6-8H2,(H,19,26)(H,28,29)(H,30,31,32);13,15H,3-4H2,1-2H3,(H2,18,25)(H,19,26)(H,27,28)(H,29,30)/t11-,13-,16-;13?,15-,17+/m11/s1. The number of aliphatic hydroxyl groups is 1. The number of thioether (sulfide) groups is 6. The molecule has 8 rings (SSSR count). The van der Waals surface area contributed by atoms with Gasteiger partial charge in [-0.25, -0.2) is 23.7 Å². The normalized spacial score (nSPS) is 22.9. The molecule has 1 aromatic carbocycles. The van der Waals surface area contributed by atoms with Crippen molar-refractivity contribution in [3.63, 3.8) is 0 Å².